The Morgan fingerprint density at radius 3 is 3.00 bits per heavy atom. The van der Waals surface area contributed by atoms with Crippen LogP contribution < -0.4 is 5.32 Å². The molecule has 0 aliphatic carbocycles. The first-order valence-electron chi connectivity index (χ1n) is 5.40. The summed E-state index contributed by atoms with van der Waals surface area (Å²) < 4.78 is 9.80. The number of hydrogen-bond acceptors (Lipinski definition) is 5. The summed E-state index contributed by atoms with van der Waals surface area (Å²) in [5, 5.41) is 3.29. The Balaban J connectivity index is 2.12. The highest BCUT2D eigenvalue weighted by molar-refractivity contribution is 5.71. The van der Waals surface area contributed by atoms with Gasteiger partial charge in [-0.2, -0.15) is 0 Å². The van der Waals surface area contributed by atoms with E-state index in [0.717, 1.165) is 32.6 Å². The molecule has 0 aromatic heterocycles. The van der Waals surface area contributed by atoms with Crippen molar-refractivity contribution in [2.24, 2.45) is 0 Å². The van der Waals surface area contributed by atoms with E-state index in [0.29, 0.717) is 19.8 Å². The number of nitrogens with zero attached hydrogens (tertiary/aromatic N) is 1. The molecule has 0 atom stereocenters. The van der Waals surface area contributed by atoms with Crippen LogP contribution in [0.5, 0.6) is 0 Å². The second-order valence-electron chi connectivity index (χ2n) is 3.59. The van der Waals surface area contributed by atoms with E-state index in [4.69, 9.17) is 9.47 Å². The molecule has 5 nitrogen and oxygen atoms in total. The van der Waals surface area contributed by atoms with Gasteiger partial charge in [-0.1, -0.05) is 0 Å². The van der Waals surface area contributed by atoms with Crippen LogP contribution in [0.25, 0.3) is 0 Å². The molecule has 0 radical (unpaired) electrons. The molecule has 5 heteroatoms. The van der Waals surface area contributed by atoms with Crippen molar-refractivity contribution in [3.05, 3.63) is 0 Å². The Morgan fingerprint density at radius 1 is 1.33 bits per heavy atom. The van der Waals surface area contributed by atoms with Crippen LogP contribution in [0.15, 0.2) is 0 Å². The van der Waals surface area contributed by atoms with Crippen molar-refractivity contribution >= 4 is 5.97 Å². The van der Waals surface area contributed by atoms with Gasteiger partial charge in [0.25, 0.3) is 0 Å². The van der Waals surface area contributed by atoms with Gasteiger partial charge < -0.3 is 14.8 Å². The van der Waals surface area contributed by atoms with Crippen LogP contribution in [0.2, 0.25) is 0 Å². The second-order valence-corrected chi connectivity index (χ2v) is 3.59. The van der Waals surface area contributed by atoms with Crippen LogP contribution in [-0.2, 0) is 14.3 Å². The molecule has 0 aromatic carbocycles. The van der Waals surface area contributed by atoms with Crippen LogP contribution in [0.4, 0.5) is 0 Å². The molecule has 15 heavy (non-hydrogen) atoms. The monoisotopic (exact) mass is 216 g/mol. The molecular formula is C10H20N2O3. The van der Waals surface area contributed by atoms with Gasteiger partial charge in [0.1, 0.15) is 6.61 Å². The summed E-state index contributed by atoms with van der Waals surface area (Å²) in [4.78, 5) is 13.5. The Hall–Kier alpha value is -0.650. The summed E-state index contributed by atoms with van der Waals surface area (Å²) in [6.07, 6.45) is 1.09. The lowest BCUT2D eigenvalue weighted by atomic mass is 10.4. The maximum Gasteiger partial charge on any atom is 0.320 e. The zero-order valence-corrected chi connectivity index (χ0v) is 9.33. The highest BCUT2D eigenvalue weighted by Gasteiger charge is 2.13. The lowest BCUT2D eigenvalue weighted by Crippen LogP contribution is -2.34. The van der Waals surface area contributed by atoms with Gasteiger partial charge in [-0.05, 0) is 19.5 Å². The van der Waals surface area contributed by atoms with Crippen molar-refractivity contribution in [3.8, 4) is 0 Å². The number of rotatable bonds is 5. The molecule has 0 bridgehead atoms. The maximum atomic E-state index is 11.4. The number of methoxy groups -OCH3 is 1. The van der Waals surface area contributed by atoms with Crippen LogP contribution in [0.3, 0.4) is 0 Å². The van der Waals surface area contributed by atoms with Gasteiger partial charge in [-0.15, -0.1) is 0 Å². The number of esters is 1. The smallest absolute Gasteiger partial charge is 0.320 e. The van der Waals surface area contributed by atoms with Crippen molar-refractivity contribution in [3.63, 3.8) is 0 Å². The molecule has 0 spiro atoms. The van der Waals surface area contributed by atoms with Gasteiger partial charge in [-0.3, -0.25) is 9.69 Å². The minimum absolute atomic E-state index is 0.158. The summed E-state index contributed by atoms with van der Waals surface area (Å²) in [5.41, 5.74) is 0. The van der Waals surface area contributed by atoms with Crippen molar-refractivity contribution in [1.29, 1.82) is 0 Å². The van der Waals surface area contributed by atoms with E-state index >= 15 is 0 Å². The van der Waals surface area contributed by atoms with E-state index in [1.165, 1.54) is 0 Å². The van der Waals surface area contributed by atoms with Gasteiger partial charge in [0, 0.05) is 20.2 Å². The fraction of sp³-hybridized carbons (Fsp3) is 0.900. The summed E-state index contributed by atoms with van der Waals surface area (Å²) in [6.45, 7) is 5.08. The fourth-order valence-corrected chi connectivity index (χ4v) is 1.53. The Bertz CT molecular complexity index is 180. The molecule has 0 amide bonds. The van der Waals surface area contributed by atoms with E-state index in [2.05, 4.69) is 10.2 Å². The van der Waals surface area contributed by atoms with E-state index < -0.39 is 0 Å². The Morgan fingerprint density at radius 2 is 2.20 bits per heavy atom. The first-order valence-corrected chi connectivity index (χ1v) is 5.40. The van der Waals surface area contributed by atoms with Gasteiger partial charge in [0.2, 0.25) is 0 Å². The summed E-state index contributed by atoms with van der Waals surface area (Å²) in [6, 6.07) is 0. The fourth-order valence-electron chi connectivity index (χ4n) is 1.53. The molecule has 88 valence electrons. The molecule has 1 fully saturated rings. The van der Waals surface area contributed by atoms with Gasteiger partial charge in [0.15, 0.2) is 0 Å². The maximum absolute atomic E-state index is 11.4. The molecule has 1 aliphatic rings. The number of carbonyl (C=O) groups is 1. The topological polar surface area (TPSA) is 50.8 Å². The zero-order valence-electron chi connectivity index (χ0n) is 9.33. The molecule has 0 unspecified atom stereocenters. The van der Waals surface area contributed by atoms with E-state index in [1.54, 1.807) is 7.11 Å². The molecule has 0 saturated carbocycles. The number of nitrogens with one attached hydrogen (secondary N) is 1. The van der Waals surface area contributed by atoms with Crippen molar-refractivity contribution in [1.82, 2.24) is 10.2 Å². The summed E-state index contributed by atoms with van der Waals surface area (Å²) in [7, 11) is 1.59. The Kier molecular flexibility index (Phi) is 6.31. The third-order valence-electron chi connectivity index (χ3n) is 2.34. The van der Waals surface area contributed by atoms with Gasteiger partial charge >= 0.3 is 5.97 Å². The van der Waals surface area contributed by atoms with Gasteiger partial charge in [0.05, 0.1) is 13.2 Å². The molecule has 1 N–H and O–H groups in total. The second kappa shape index (κ2) is 7.62. The third-order valence-corrected chi connectivity index (χ3v) is 2.34. The highest BCUT2D eigenvalue weighted by atomic mass is 16.6. The van der Waals surface area contributed by atoms with Crippen LogP contribution >= 0.6 is 0 Å². The first-order chi connectivity index (χ1) is 7.33. The largest absolute Gasteiger partial charge is 0.462 e. The molecule has 1 heterocycles. The standard InChI is InChI=1S/C10H20N2O3/c1-14-7-8-15-10(13)9-12-5-2-3-11-4-6-12/h11H,2-9H2,1H3. The molecule has 1 saturated heterocycles. The van der Waals surface area contributed by atoms with Crippen LogP contribution in [0.1, 0.15) is 6.42 Å². The van der Waals surface area contributed by atoms with Crippen molar-refractivity contribution < 1.29 is 14.3 Å². The van der Waals surface area contributed by atoms with E-state index in [9.17, 15) is 4.79 Å². The quantitative estimate of drug-likeness (QED) is 0.494. The normalized spacial score (nSPS) is 18.5. The van der Waals surface area contributed by atoms with Crippen LogP contribution in [-0.4, -0.2) is 63.9 Å². The highest BCUT2D eigenvalue weighted by Crippen LogP contribution is 1.95. The van der Waals surface area contributed by atoms with E-state index in [1.807, 2.05) is 0 Å². The molecule has 1 aliphatic heterocycles. The molecule has 1 rings (SSSR count). The predicted molar refractivity (Wildman–Crippen MR) is 56.8 cm³/mol. The lowest BCUT2D eigenvalue weighted by molar-refractivity contribution is -0.146. The summed E-state index contributed by atoms with van der Waals surface area (Å²) in [5.74, 6) is -0.158. The van der Waals surface area contributed by atoms with Crippen molar-refractivity contribution in [2.75, 3.05) is 53.0 Å². The number of carbonyl (C=O) groups excluding carboxylic acids is 1. The minimum atomic E-state index is -0.158. The molecular weight excluding hydrogens is 196 g/mol. The van der Waals surface area contributed by atoms with Crippen LogP contribution in [0, 0.1) is 0 Å². The lowest BCUT2D eigenvalue weighted by Gasteiger charge is -2.17. The van der Waals surface area contributed by atoms with Gasteiger partial charge in [-0.25, -0.2) is 0 Å². The summed E-state index contributed by atoms with van der Waals surface area (Å²) >= 11 is 0. The first kappa shape index (κ1) is 12.4. The average Bonchev–Trinajstić information content (AvgIpc) is 2.47. The number of hydrogen-bond donors (Lipinski definition) is 1. The average molecular weight is 216 g/mol. The zero-order chi connectivity index (χ0) is 10.9. The Labute approximate surface area is 90.7 Å². The predicted octanol–water partition coefficient (Wildman–Crippen LogP) is -0.529. The minimum Gasteiger partial charge on any atom is -0.462 e. The SMILES string of the molecule is COCCOC(=O)CN1CCCNCC1. The molecule has 0 aromatic rings. The number of ether oxygens (including phenoxy) is 2. The van der Waals surface area contributed by atoms with E-state index in [-0.39, 0.29) is 5.97 Å². The van der Waals surface area contributed by atoms with Crippen molar-refractivity contribution in [2.45, 2.75) is 6.42 Å². The third kappa shape index (κ3) is 5.71.